The van der Waals surface area contributed by atoms with Crippen LogP contribution in [-0.2, 0) is 30.7 Å². The number of furan rings is 1. The summed E-state index contributed by atoms with van der Waals surface area (Å²) in [5, 5.41) is 2.73. The number of benzene rings is 2. The topological polar surface area (TPSA) is 79.6 Å². The second-order valence-electron chi connectivity index (χ2n) is 8.99. The van der Waals surface area contributed by atoms with Gasteiger partial charge >= 0.3 is 0 Å². The van der Waals surface area contributed by atoms with E-state index in [0.717, 1.165) is 27.2 Å². The Bertz CT molecular complexity index is 1230. The van der Waals surface area contributed by atoms with Crippen molar-refractivity contribution in [1.82, 2.24) is 10.2 Å². The van der Waals surface area contributed by atoms with Crippen LogP contribution in [0.3, 0.4) is 0 Å². The van der Waals surface area contributed by atoms with Crippen LogP contribution < -0.4 is 5.32 Å². The summed E-state index contributed by atoms with van der Waals surface area (Å²) in [4.78, 5) is 39.1. The molecular formula is C26H20Cl2N2O4. The smallest absolute Gasteiger partial charge is 0.243 e. The van der Waals surface area contributed by atoms with E-state index in [1.807, 2.05) is 48.5 Å². The molecule has 0 unspecified atom stereocenters. The molecule has 1 saturated heterocycles. The second kappa shape index (κ2) is 7.20. The van der Waals surface area contributed by atoms with E-state index in [4.69, 9.17) is 27.6 Å². The maximum absolute atomic E-state index is 13.8. The number of imide groups is 1. The van der Waals surface area contributed by atoms with Crippen molar-refractivity contribution in [3.8, 4) is 0 Å². The third-order valence-electron chi connectivity index (χ3n) is 7.40. The van der Waals surface area contributed by atoms with Crippen molar-refractivity contribution in [1.29, 1.82) is 0 Å². The van der Waals surface area contributed by atoms with Crippen LogP contribution in [0.1, 0.15) is 34.9 Å². The highest BCUT2D eigenvalue weighted by molar-refractivity contribution is 6.36. The number of amides is 3. The molecule has 7 rings (SSSR count). The number of rotatable bonds is 4. The fourth-order valence-electron chi connectivity index (χ4n) is 5.92. The minimum absolute atomic E-state index is 0.148. The van der Waals surface area contributed by atoms with Crippen LogP contribution in [0.2, 0.25) is 0 Å². The maximum Gasteiger partial charge on any atom is 0.243 e. The van der Waals surface area contributed by atoms with Gasteiger partial charge in [-0.1, -0.05) is 48.5 Å². The summed E-state index contributed by atoms with van der Waals surface area (Å²) in [7, 11) is 0. The van der Waals surface area contributed by atoms with Crippen molar-refractivity contribution in [2.24, 2.45) is 11.8 Å². The highest BCUT2D eigenvalue weighted by atomic mass is 35.5. The molecule has 8 heteroatoms. The Hall–Kier alpha value is -3.09. The van der Waals surface area contributed by atoms with Crippen LogP contribution >= 0.6 is 23.2 Å². The summed E-state index contributed by atoms with van der Waals surface area (Å²) in [6.45, 7) is 1.68. The quantitative estimate of drug-likeness (QED) is 0.440. The number of hydrogen-bond acceptors (Lipinski definition) is 4. The molecular weight excluding hydrogens is 475 g/mol. The van der Waals surface area contributed by atoms with Gasteiger partial charge < -0.3 is 9.73 Å². The predicted octanol–water partition coefficient (Wildman–Crippen LogP) is 3.88. The standard InChI is InChI=1S/C26H20Cl2N2O4/c1-14(22(31)29-13-15-7-6-12-34-15)30-23(32)20-21(24(30)33)26(28)17-9-3-2-8-16(17)25(20,27)18-10-4-5-11-19(18)26/h2-12,14,20-21H,13H2,1H3,(H,29,31)/t14-,20-,21-,25?,26?/m1/s1. The van der Waals surface area contributed by atoms with Crippen molar-refractivity contribution >= 4 is 40.9 Å². The van der Waals surface area contributed by atoms with Gasteiger partial charge in [-0.05, 0) is 41.3 Å². The molecule has 1 fully saturated rings. The fraction of sp³-hybridized carbons (Fsp3) is 0.269. The summed E-state index contributed by atoms with van der Waals surface area (Å²) >= 11 is 14.8. The van der Waals surface area contributed by atoms with E-state index in [0.29, 0.717) is 5.76 Å². The van der Waals surface area contributed by atoms with E-state index in [-0.39, 0.29) is 6.54 Å². The Labute approximate surface area is 205 Å². The average molecular weight is 495 g/mol. The van der Waals surface area contributed by atoms with Crippen molar-refractivity contribution in [2.75, 3.05) is 0 Å². The molecule has 1 aromatic heterocycles. The lowest BCUT2D eigenvalue weighted by Crippen LogP contribution is -2.57. The largest absolute Gasteiger partial charge is 0.467 e. The van der Waals surface area contributed by atoms with E-state index in [2.05, 4.69) is 5.32 Å². The van der Waals surface area contributed by atoms with Gasteiger partial charge in [0, 0.05) is 0 Å². The molecule has 2 heterocycles. The first-order chi connectivity index (χ1) is 16.3. The third kappa shape index (κ3) is 2.50. The molecule has 0 radical (unpaired) electrons. The molecule has 3 aromatic rings. The molecule has 0 spiro atoms. The maximum atomic E-state index is 13.8. The number of alkyl halides is 2. The van der Waals surface area contributed by atoms with Gasteiger partial charge in [0.1, 0.15) is 21.6 Å². The molecule has 6 nitrogen and oxygen atoms in total. The SMILES string of the molecule is C[C@H](C(=O)NCc1ccco1)N1C(=O)[C@H]2[C@H](C1=O)C1(Cl)c3ccccc3C2(Cl)c2ccccc21. The van der Waals surface area contributed by atoms with Gasteiger partial charge in [-0.3, -0.25) is 19.3 Å². The lowest BCUT2D eigenvalue weighted by atomic mass is 9.54. The molecule has 4 aliphatic rings. The molecule has 1 N–H and O–H groups in total. The zero-order chi connectivity index (χ0) is 23.8. The molecule has 3 amide bonds. The summed E-state index contributed by atoms with van der Waals surface area (Å²) < 4.78 is 5.25. The van der Waals surface area contributed by atoms with Gasteiger partial charge in [-0.25, -0.2) is 0 Å². The third-order valence-corrected chi connectivity index (χ3v) is 8.69. The van der Waals surface area contributed by atoms with Crippen LogP contribution in [0.5, 0.6) is 0 Å². The molecule has 172 valence electrons. The first-order valence-corrected chi connectivity index (χ1v) is 11.8. The highest BCUT2D eigenvalue weighted by Crippen LogP contribution is 2.69. The Morgan fingerprint density at radius 1 is 0.912 bits per heavy atom. The zero-order valence-corrected chi connectivity index (χ0v) is 19.6. The predicted molar refractivity (Wildman–Crippen MR) is 125 cm³/mol. The summed E-state index contributed by atoms with van der Waals surface area (Å²) in [5.41, 5.74) is 2.91. The monoisotopic (exact) mass is 494 g/mol. The minimum Gasteiger partial charge on any atom is -0.467 e. The number of carbonyl (C=O) groups is 3. The van der Waals surface area contributed by atoms with Crippen molar-refractivity contribution in [3.63, 3.8) is 0 Å². The normalized spacial score (nSPS) is 29.4. The van der Waals surface area contributed by atoms with Gasteiger partial charge in [0.25, 0.3) is 0 Å². The van der Waals surface area contributed by atoms with Gasteiger partial charge in [-0.2, -0.15) is 0 Å². The van der Waals surface area contributed by atoms with Crippen LogP contribution in [0.4, 0.5) is 0 Å². The van der Waals surface area contributed by atoms with E-state index in [1.165, 1.54) is 13.2 Å². The number of halogens is 2. The van der Waals surface area contributed by atoms with Crippen LogP contribution in [0, 0.1) is 11.8 Å². The number of nitrogens with one attached hydrogen (secondary N) is 1. The number of hydrogen-bond donors (Lipinski definition) is 1. The zero-order valence-electron chi connectivity index (χ0n) is 18.1. The van der Waals surface area contributed by atoms with Crippen molar-refractivity contribution in [2.45, 2.75) is 29.3 Å². The van der Waals surface area contributed by atoms with E-state index in [9.17, 15) is 14.4 Å². The van der Waals surface area contributed by atoms with E-state index >= 15 is 0 Å². The Morgan fingerprint density at radius 3 is 1.79 bits per heavy atom. The molecule has 34 heavy (non-hydrogen) atoms. The Morgan fingerprint density at radius 2 is 1.38 bits per heavy atom. The molecule has 3 aliphatic carbocycles. The molecule has 2 aromatic carbocycles. The molecule has 3 atom stereocenters. The Kier molecular flexibility index (Phi) is 4.54. The first-order valence-electron chi connectivity index (χ1n) is 11.1. The fourth-order valence-corrected chi connectivity index (χ4v) is 7.02. The summed E-state index contributed by atoms with van der Waals surface area (Å²) in [6.07, 6.45) is 1.51. The second-order valence-corrected chi connectivity index (χ2v) is 10.2. The van der Waals surface area contributed by atoms with Crippen molar-refractivity contribution in [3.05, 3.63) is 94.9 Å². The minimum atomic E-state index is -1.26. The number of likely N-dealkylation sites (tertiary alicyclic amines) is 1. The number of carbonyl (C=O) groups excluding carboxylic acids is 3. The Balaban J connectivity index is 1.44. The van der Waals surface area contributed by atoms with Gasteiger partial charge in [0.2, 0.25) is 17.7 Å². The number of nitrogens with zero attached hydrogens (tertiary/aromatic N) is 1. The van der Waals surface area contributed by atoms with Crippen LogP contribution in [0.25, 0.3) is 0 Å². The molecule has 1 aliphatic heterocycles. The van der Waals surface area contributed by atoms with Crippen molar-refractivity contribution < 1.29 is 18.8 Å². The highest BCUT2D eigenvalue weighted by Gasteiger charge is 2.73. The molecule has 2 bridgehead atoms. The van der Waals surface area contributed by atoms with Crippen LogP contribution in [0.15, 0.2) is 71.3 Å². The summed E-state index contributed by atoms with van der Waals surface area (Å²) in [5.74, 6) is -2.73. The van der Waals surface area contributed by atoms with Gasteiger partial charge in [-0.15, -0.1) is 23.2 Å². The molecule has 0 saturated carbocycles. The average Bonchev–Trinajstić information content (AvgIpc) is 3.46. The lowest BCUT2D eigenvalue weighted by molar-refractivity contribution is -0.147. The first kappa shape index (κ1) is 21.4. The van der Waals surface area contributed by atoms with E-state index < -0.39 is 45.3 Å². The van der Waals surface area contributed by atoms with Gasteiger partial charge in [0.15, 0.2) is 0 Å². The lowest BCUT2D eigenvalue weighted by Gasteiger charge is -2.54. The van der Waals surface area contributed by atoms with Gasteiger partial charge in [0.05, 0.1) is 24.6 Å². The van der Waals surface area contributed by atoms with Crippen LogP contribution in [-0.4, -0.2) is 28.7 Å². The van der Waals surface area contributed by atoms with E-state index in [1.54, 1.807) is 12.1 Å². The summed E-state index contributed by atoms with van der Waals surface area (Å²) in [6, 6.07) is 17.3.